The number of fused-ring (bicyclic) bond motifs is 4. The van der Waals surface area contributed by atoms with Crippen LogP contribution in [0.5, 0.6) is 0 Å². The molecule has 1 aromatic carbocycles. The molecule has 1 aromatic rings. The Balaban J connectivity index is 1.58. The Labute approximate surface area is 183 Å². The molecule has 2 saturated heterocycles. The minimum absolute atomic E-state index is 0.138. The van der Waals surface area contributed by atoms with Crippen molar-refractivity contribution in [1.29, 1.82) is 0 Å². The third kappa shape index (κ3) is 2.38. The summed E-state index contributed by atoms with van der Waals surface area (Å²) in [6, 6.07) is 8.15. The van der Waals surface area contributed by atoms with Crippen LogP contribution in [0.4, 0.5) is 4.79 Å². The molecule has 4 unspecified atom stereocenters. The van der Waals surface area contributed by atoms with E-state index in [4.69, 9.17) is 20.9 Å². The molecule has 1 aliphatic carbocycles. The molecule has 0 radical (unpaired) electrons. The van der Waals surface area contributed by atoms with Crippen LogP contribution in [0.2, 0.25) is 0 Å². The molecule has 0 bridgehead atoms. The van der Waals surface area contributed by atoms with Gasteiger partial charge in [0, 0.05) is 30.4 Å². The normalized spacial score (nSPS) is 30.4. The van der Waals surface area contributed by atoms with Crippen molar-refractivity contribution in [3.8, 4) is 0 Å². The molecule has 2 amide bonds. The fraction of sp³-hybridized carbons (Fsp3) is 0.364. The number of methoxy groups -OCH3 is 1. The zero-order valence-electron chi connectivity index (χ0n) is 17.5. The van der Waals surface area contributed by atoms with Gasteiger partial charge in [0.1, 0.15) is 12.6 Å². The van der Waals surface area contributed by atoms with Gasteiger partial charge in [0.2, 0.25) is 11.6 Å². The number of hydrogen-bond acceptors (Lipinski definition) is 8. The average molecular weight is 438 g/mol. The van der Waals surface area contributed by atoms with Gasteiger partial charge in [-0.1, -0.05) is 18.2 Å². The second-order valence-electron chi connectivity index (χ2n) is 8.30. The van der Waals surface area contributed by atoms with Crippen molar-refractivity contribution >= 4 is 23.6 Å². The van der Waals surface area contributed by atoms with Crippen molar-refractivity contribution in [1.82, 2.24) is 9.80 Å². The first-order valence-electron chi connectivity index (χ1n) is 10.2. The number of nitrogens with two attached hydrogens (primary N) is 2. The quantitative estimate of drug-likeness (QED) is 0.490. The van der Waals surface area contributed by atoms with Gasteiger partial charge in [-0.25, -0.2) is 4.79 Å². The number of piperazine rings is 1. The number of primary amides is 1. The van der Waals surface area contributed by atoms with Crippen molar-refractivity contribution in [2.24, 2.45) is 17.4 Å². The molecule has 3 aliphatic heterocycles. The van der Waals surface area contributed by atoms with Gasteiger partial charge in [-0.3, -0.25) is 14.4 Å². The summed E-state index contributed by atoms with van der Waals surface area (Å²) in [5.74, 6) is -1.90. The standard InChI is InChI=1S/C22H22N4O6/c1-10-15(23)18(28)14-12(9-32-21(24)30)22(31-2)19-13(8-25(22)16(14)17(10)27)26(19)20(29)11-6-4-3-5-7-11/h3-7,12-13,19H,8-9,23H2,1-2H3,(H2,24,30). The molecule has 2 fully saturated rings. The molecule has 4 atom stereocenters. The van der Waals surface area contributed by atoms with E-state index < -0.39 is 29.6 Å². The summed E-state index contributed by atoms with van der Waals surface area (Å²) in [5.41, 5.74) is 10.7. The highest BCUT2D eigenvalue weighted by Gasteiger charge is 2.77. The summed E-state index contributed by atoms with van der Waals surface area (Å²) in [6.07, 6.45) is -1.02. The number of hydrogen-bond donors (Lipinski definition) is 2. The fourth-order valence-electron chi connectivity index (χ4n) is 5.48. The van der Waals surface area contributed by atoms with Crippen LogP contribution in [0.1, 0.15) is 17.3 Å². The molecule has 4 N–H and O–H groups in total. The Kier molecular flexibility index (Phi) is 4.22. The monoisotopic (exact) mass is 438 g/mol. The van der Waals surface area contributed by atoms with Gasteiger partial charge in [0.15, 0.2) is 5.72 Å². The number of nitrogens with zero attached hydrogens (tertiary/aromatic N) is 2. The molecule has 3 heterocycles. The molecule has 0 aromatic heterocycles. The molecule has 10 heteroatoms. The number of ketones is 2. The summed E-state index contributed by atoms with van der Waals surface area (Å²) in [7, 11) is 1.45. The van der Waals surface area contributed by atoms with E-state index in [2.05, 4.69) is 0 Å². The van der Waals surface area contributed by atoms with E-state index in [1.807, 2.05) is 6.07 Å². The maximum Gasteiger partial charge on any atom is 0.404 e. The van der Waals surface area contributed by atoms with Crippen LogP contribution < -0.4 is 11.5 Å². The smallest absolute Gasteiger partial charge is 0.404 e. The van der Waals surface area contributed by atoms with Crippen LogP contribution in [-0.2, 0) is 19.1 Å². The Hall–Kier alpha value is -3.66. The summed E-state index contributed by atoms with van der Waals surface area (Å²) in [4.78, 5) is 54.3. The number of benzene rings is 1. The minimum atomic E-state index is -1.26. The summed E-state index contributed by atoms with van der Waals surface area (Å²) in [5, 5.41) is 0. The Morgan fingerprint density at radius 2 is 1.88 bits per heavy atom. The molecular formula is C22H22N4O6. The van der Waals surface area contributed by atoms with E-state index in [1.165, 1.54) is 14.0 Å². The lowest BCUT2D eigenvalue weighted by atomic mass is 9.82. The number of allylic oxidation sites excluding steroid dienone is 2. The van der Waals surface area contributed by atoms with Crippen molar-refractivity contribution in [3.05, 3.63) is 58.4 Å². The van der Waals surface area contributed by atoms with E-state index in [1.54, 1.807) is 34.1 Å². The predicted molar refractivity (Wildman–Crippen MR) is 110 cm³/mol. The van der Waals surface area contributed by atoms with Crippen LogP contribution in [0, 0.1) is 5.92 Å². The van der Waals surface area contributed by atoms with E-state index in [9.17, 15) is 19.2 Å². The van der Waals surface area contributed by atoms with Crippen molar-refractivity contribution in [2.45, 2.75) is 24.7 Å². The second-order valence-corrected chi connectivity index (χ2v) is 8.30. The third-order valence-electron chi connectivity index (χ3n) is 6.94. The van der Waals surface area contributed by atoms with Gasteiger partial charge >= 0.3 is 6.09 Å². The molecular weight excluding hydrogens is 416 g/mol. The summed E-state index contributed by atoms with van der Waals surface area (Å²) in [6.45, 7) is 1.51. The van der Waals surface area contributed by atoms with Crippen LogP contribution in [0.25, 0.3) is 0 Å². The molecule has 10 nitrogen and oxygen atoms in total. The fourth-order valence-corrected chi connectivity index (χ4v) is 5.48. The SMILES string of the molecule is COC12C(COC(N)=O)C3=C(C(=O)C(C)=C(N)C3=O)N1CC1C2N1C(=O)c1ccccc1. The van der Waals surface area contributed by atoms with Gasteiger partial charge in [0.25, 0.3) is 5.91 Å². The Morgan fingerprint density at radius 3 is 2.50 bits per heavy atom. The number of ether oxygens (including phenoxy) is 2. The Morgan fingerprint density at radius 1 is 1.19 bits per heavy atom. The number of carbonyl (C=O) groups is 4. The number of carbonyl (C=O) groups excluding carboxylic acids is 4. The van der Waals surface area contributed by atoms with Gasteiger partial charge < -0.3 is 30.7 Å². The van der Waals surface area contributed by atoms with Crippen LogP contribution in [-0.4, -0.2) is 71.4 Å². The lowest BCUT2D eigenvalue weighted by Crippen LogP contribution is -2.56. The largest absolute Gasteiger partial charge is 0.449 e. The predicted octanol–water partition coefficient (Wildman–Crippen LogP) is -0.0984. The lowest BCUT2D eigenvalue weighted by molar-refractivity contribution is -0.143. The highest BCUT2D eigenvalue weighted by Crippen LogP contribution is 2.60. The van der Waals surface area contributed by atoms with Crippen molar-refractivity contribution in [3.63, 3.8) is 0 Å². The summed E-state index contributed by atoms with van der Waals surface area (Å²) < 4.78 is 11.1. The van der Waals surface area contributed by atoms with Gasteiger partial charge in [-0.15, -0.1) is 0 Å². The van der Waals surface area contributed by atoms with E-state index in [0.717, 1.165) is 0 Å². The van der Waals surface area contributed by atoms with Gasteiger partial charge in [-0.05, 0) is 19.1 Å². The number of Topliss-reactive ketones (excluding diaryl/α,β-unsaturated/α-hetero) is 2. The first kappa shape index (κ1) is 20.3. The third-order valence-corrected chi connectivity index (χ3v) is 6.94. The maximum absolute atomic E-state index is 13.2. The zero-order chi connectivity index (χ0) is 22.9. The van der Waals surface area contributed by atoms with E-state index in [-0.39, 0.29) is 46.9 Å². The first-order valence-corrected chi connectivity index (χ1v) is 10.2. The first-order chi connectivity index (χ1) is 15.3. The maximum atomic E-state index is 13.2. The topological polar surface area (TPSA) is 145 Å². The zero-order valence-corrected chi connectivity index (χ0v) is 17.5. The van der Waals surface area contributed by atoms with Crippen LogP contribution >= 0.6 is 0 Å². The molecule has 166 valence electrons. The summed E-state index contributed by atoms with van der Waals surface area (Å²) >= 11 is 0. The minimum Gasteiger partial charge on any atom is -0.449 e. The second kappa shape index (κ2) is 6.67. The van der Waals surface area contributed by atoms with Gasteiger partial charge in [-0.2, -0.15) is 0 Å². The van der Waals surface area contributed by atoms with E-state index in [0.29, 0.717) is 12.1 Å². The number of amides is 2. The van der Waals surface area contributed by atoms with Crippen LogP contribution in [0.15, 0.2) is 52.9 Å². The van der Waals surface area contributed by atoms with E-state index >= 15 is 0 Å². The van der Waals surface area contributed by atoms with Gasteiger partial charge in [0.05, 0.1) is 23.4 Å². The lowest BCUT2D eigenvalue weighted by Gasteiger charge is -2.41. The molecule has 0 saturated carbocycles. The molecule has 5 rings (SSSR count). The molecule has 4 aliphatic rings. The van der Waals surface area contributed by atoms with Crippen LogP contribution in [0.3, 0.4) is 0 Å². The average Bonchev–Trinajstić information content (AvgIpc) is 3.29. The Bertz CT molecular complexity index is 1140. The van der Waals surface area contributed by atoms with Crippen molar-refractivity contribution < 1.29 is 28.7 Å². The van der Waals surface area contributed by atoms with Crippen molar-refractivity contribution in [2.75, 3.05) is 20.3 Å². The highest BCUT2D eigenvalue weighted by molar-refractivity contribution is 6.25. The number of rotatable bonds is 4. The molecule has 0 spiro atoms. The molecule has 32 heavy (non-hydrogen) atoms. The highest BCUT2D eigenvalue weighted by atomic mass is 16.6.